The number of methoxy groups -OCH3 is 1. The van der Waals surface area contributed by atoms with Crippen LogP contribution in [0.1, 0.15) is 18.2 Å². The second-order valence-electron chi connectivity index (χ2n) is 7.32. The van der Waals surface area contributed by atoms with E-state index in [0.717, 1.165) is 5.56 Å². The van der Waals surface area contributed by atoms with Crippen LogP contribution in [-0.4, -0.2) is 27.7 Å². The fourth-order valence-electron chi connectivity index (χ4n) is 3.81. The maximum Gasteiger partial charge on any atom is 0.317 e. The van der Waals surface area contributed by atoms with Crippen LogP contribution in [0.4, 0.5) is 10.2 Å². The quantitative estimate of drug-likeness (QED) is 0.512. The van der Waals surface area contributed by atoms with E-state index in [1.165, 1.54) is 19.2 Å². The van der Waals surface area contributed by atoms with Crippen molar-refractivity contribution in [3.05, 3.63) is 83.9 Å². The Labute approximate surface area is 173 Å². The molecule has 0 amide bonds. The molecule has 0 aliphatic heterocycles. The van der Waals surface area contributed by atoms with Gasteiger partial charge in [0.05, 0.1) is 18.4 Å². The molecular formula is C23H21FN4O2. The number of halogens is 1. The Morgan fingerprint density at radius 1 is 1.17 bits per heavy atom. The number of hydrogen-bond acceptors (Lipinski definition) is 5. The highest BCUT2D eigenvalue weighted by molar-refractivity contribution is 5.87. The molecule has 1 atom stereocenters. The summed E-state index contributed by atoms with van der Waals surface area (Å²) in [6, 6.07) is 17.5. The fraction of sp³-hybridized carbons (Fsp3) is 0.174. The third-order valence-electron chi connectivity index (χ3n) is 5.26. The zero-order valence-electron chi connectivity index (χ0n) is 16.7. The molecule has 2 heterocycles. The lowest BCUT2D eigenvalue weighted by molar-refractivity contribution is -0.147. The first-order valence-corrected chi connectivity index (χ1v) is 9.46. The molecule has 0 fully saturated rings. The van der Waals surface area contributed by atoms with Crippen molar-refractivity contribution in [1.29, 1.82) is 0 Å². The average Bonchev–Trinajstić information content (AvgIpc) is 3.09. The summed E-state index contributed by atoms with van der Waals surface area (Å²) >= 11 is 0. The minimum atomic E-state index is -1.14. The lowest BCUT2D eigenvalue weighted by Crippen LogP contribution is -2.38. The van der Waals surface area contributed by atoms with Crippen LogP contribution in [-0.2, 0) is 21.4 Å². The fourth-order valence-corrected chi connectivity index (χ4v) is 3.81. The molecule has 4 rings (SSSR count). The van der Waals surface area contributed by atoms with E-state index in [-0.39, 0.29) is 12.2 Å². The van der Waals surface area contributed by atoms with Crippen LogP contribution in [0.15, 0.2) is 66.9 Å². The van der Waals surface area contributed by atoms with E-state index in [0.29, 0.717) is 28.3 Å². The molecule has 0 saturated carbocycles. The third-order valence-corrected chi connectivity index (χ3v) is 5.26. The van der Waals surface area contributed by atoms with Crippen LogP contribution < -0.4 is 5.73 Å². The SMILES string of the molecule is COC(=O)C(C)(Cc1cccc(F)c1)c1ccnc2c(-c3ccccc3)c(N)nn12. The molecule has 6 nitrogen and oxygen atoms in total. The van der Waals surface area contributed by atoms with E-state index < -0.39 is 11.4 Å². The number of benzene rings is 2. The number of carbonyl (C=O) groups is 1. The summed E-state index contributed by atoms with van der Waals surface area (Å²) in [6.07, 6.45) is 1.84. The van der Waals surface area contributed by atoms with Gasteiger partial charge in [-0.2, -0.15) is 0 Å². The van der Waals surface area contributed by atoms with Gasteiger partial charge in [-0.3, -0.25) is 4.79 Å². The largest absolute Gasteiger partial charge is 0.468 e. The summed E-state index contributed by atoms with van der Waals surface area (Å²) in [5.41, 5.74) is 8.41. The average molecular weight is 404 g/mol. The molecule has 0 saturated heterocycles. The zero-order valence-corrected chi connectivity index (χ0v) is 16.7. The molecule has 0 aliphatic rings. The molecule has 1 unspecified atom stereocenters. The Bertz CT molecular complexity index is 1220. The van der Waals surface area contributed by atoms with Crippen molar-refractivity contribution in [2.45, 2.75) is 18.8 Å². The standard InChI is InChI=1S/C23H21FN4O2/c1-23(22(29)30-2,14-15-7-6-10-17(24)13-15)18-11-12-26-21-19(20(25)27-28(18)21)16-8-4-3-5-9-16/h3-13H,14H2,1-2H3,(H2,25,27). The second-order valence-corrected chi connectivity index (χ2v) is 7.32. The van der Waals surface area contributed by atoms with Gasteiger partial charge in [-0.05, 0) is 42.7 Å². The maximum absolute atomic E-state index is 13.8. The number of anilines is 1. The number of aromatic nitrogens is 3. The van der Waals surface area contributed by atoms with Gasteiger partial charge in [0, 0.05) is 6.20 Å². The van der Waals surface area contributed by atoms with Gasteiger partial charge in [-0.15, -0.1) is 5.10 Å². The summed E-state index contributed by atoms with van der Waals surface area (Å²) in [7, 11) is 1.33. The Morgan fingerprint density at radius 2 is 1.93 bits per heavy atom. The van der Waals surface area contributed by atoms with Crippen LogP contribution in [0.5, 0.6) is 0 Å². The summed E-state index contributed by atoms with van der Waals surface area (Å²) in [5.74, 6) is -0.525. The lowest BCUT2D eigenvalue weighted by Gasteiger charge is -2.27. The number of carbonyl (C=O) groups excluding carboxylic acids is 1. The normalized spacial score (nSPS) is 13.2. The molecule has 2 N–H and O–H groups in total. The van der Waals surface area contributed by atoms with E-state index in [4.69, 9.17) is 10.5 Å². The summed E-state index contributed by atoms with van der Waals surface area (Å²) in [6.45, 7) is 1.75. The molecular weight excluding hydrogens is 383 g/mol. The number of fused-ring (bicyclic) bond motifs is 1. The van der Waals surface area contributed by atoms with Crippen molar-refractivity contribution in [3.8, 4) is 11.1 Å². The van der Waals surface area contributed by atoms with Gasteiger partial charge >= 0.3 is 5.97 Å². The van der Waals surface area contributed by atoms with E-state index in [1.807, 2.05) is 30.3 Å². The van der Waals surface area contributed by atoms with Gasteiger partial charge in [0.15, 0.2) is 11.5 Å². The minimum absolute atomic E-state index is 0.219. The summed E-state index contributed by atoms with van der Waals surface area (Å²) in [4.78, 5) is 17.4. The number of hydrogen-bond donors (Lipinski definition) is 1. The van der Waals surface area contributed by atoms with Crippen molar-refractivity contribution >= 4 is 17.4 Å². The van der Waals surface area contributed by atoms with E-state index in [1.54, 1.807) is 35.8 Å². The minimum Gasteiger partial charge on any atom is -0.468 e. The number of nitrogens with two attached hydrogens (primary N) is 1. The van der Waals surface area contributed by atoms with E-state index in [9.17, 15) is 9.18 Å². The van der Waals surface area contributed by atoms with Gasteiger partial charge in [-0.1, -0.05) is 42.5 Å². The smallest absolute Gasteiger partial charge is 0.317 e. The topological polar surface area (TPSA) is 82.5 Å². The van der Waals surface area contributed by atoms with Crippen LogP contribution in [0.2, 0.25) is 0 Å². The van der Waals surface area contributed by atoms with Crippen molar-refractivity contribution in [3.63, 3.8) is 0 Å². The Kier molecular flexibility index (Phi) is 4.95. The Morgan fingerprint density at radius 3 is 2.63 bits per heavy atom. The molecule has 152 valence electrons. The van der Waals surface area contributed by atoms with Crippen molar-refractivity contribution in [2.75, 3.05) is 12.8 Å². The molecule has 0 aliphatic carbocycles. The van der Waals surface area contributed by atoms with Crippen LogP contribution >= 0.6 is 0 Å². The Hall–Kier alpha value is -3.74. The van der Waals surface area contributed by atoms with Crippen molar-refractivity contribution in [1.82, 2.24) is 14.6 Å². The van der Waals surface area contributed by atoms with Crippen LogP contribution in [0.25, 0.3) is 16.8 Å². The number of nitrogen functional groups attached to an aromatic ring is 1. The number of rotatable bonds is 5. The van der Waals surface area contributed by atoms with Gasteiger partial charge in [0.1, 0.15) is 11.2 Å². The third kappa shape index (κ3) is 3.28. The van der Waals surface area contributed by atoms with Gasteiger partial charge in [0.25, 0.3) is 0 Å². The molecule has 0 radical (unpaired) electrons. The van der Waals surface area contributed by atoms with Crippen LogP contribution in [0, 0.1) is 5.82 Å². The van der Waals surface area contributed by atoms with Gasteiger partial charge in [0.2, 0.25) is 0 Å². The molecule has 0 spiro atoms. The maximum atomic E-state index is 13.8. The van der Waals surface area contributed by atoms with Crippen molar-refractivity contribution in [2.24, 2.45) is 0 Å². The highest BCUT2D eigenvalue weighted by Gasteiger charge is 2.40. The second kappa shape index (κ2) is 7.59. The molecule has 4 aromatic rings. The van der Waals surface area contributed by atoms with Gasteiger partial charge < -0.3 is 10.5 Å². The lowest BCUT2D eigenvalue weighted by atomic mass is 9.80. The Balaban J connectivity index is 1.92. The van der Waals surface area contributed by atoms with E-state index >= 15 is 0 Å². The highest BCUT2D eigenvalue weighted by atomic mass is 19.1. The van der Waals surface area contributed by atoms with Crippen LogP contribution in [0.3, 0.4) is 0 Å². The predicted molar refractivity (Wildman–Crippen MR) is 112 cm³/mol. The highest BCUT2D eigenvalue weighted by Crippen LogP contribution is 2.34. The van der Waals surface area contributed by atoms with E-state index in [2.05, 4.69) is 10.1 Å². The molecule has 7 heteroatoms. The van der Waals surface area contributed by atoms with Crippen molar-refractivity contribution < 1.29 is 13.9 Å². The molecule has 2 aromatic carbocycles. The summed E-state index contributed by atoms with van der Waals surface area (Å²) in [5, 5.41) is 4.48. The first-order chi connectivity index (χ1) is 14.4. The number of ether oxygens (including phenoxy) is 1. The van der Waals surface area contributed by atoms with Gasteiger partial charge in [-0.25, -0.2) is 13.9 Å². The molecule has 30 heavy (non-hydrogen) atoms. The molecule has 2 aromatic heterocycles. The monoisotopic (exact) mass is 404 g/mol. The first-order valence-electron chi connectivity index (χ1n) is 9.46. The summed E-state index contributed by atoms with van der Waals surface area (Å²) < 4.78 is 20.5. The predicted octanol–water partition coefficient (Wildman–Crippen LogP) is 3.79. The zero-order chi connectivity index (χ0) is 21.3. The number of esters is 1. The first kappa shape index (κ1) is 19.6. The number of nitrogens with zero attached hydrogens (tertiary/aromatic N) is 3. The molecule has 0 bridgehead atoms.